The molecule has 0 saturated heterocycles. The molecule has 1 atom stereocenters. The van der Waals surface area contributed by atoms with E-state index < -0.39 is 11.9 Å². The van der Waals surface area contributed by atoms with Gasteiger partial charge >= 0.3 is 5.97 Å². The minimum atomic E-state index is -0.584. The molecule has 0 heterocycles. The molecule has 0 aromatic heterocycles. The van der Waals surface area contributed by atoms with Gasteiger partial charge in [0, 0.05) is 13.0 Å². The number of unbranched alkanes of at least 4 members (excludes halogenated alkanes) is 2. The lowest BCUT2D eigenvalue weighted by molar-refractivity contribution is -0.141. The maximum Gasteiger partial charge on any atom is 0.305 e. The summed E-state index contributed by atoms with van der Waals surface area (Å²) in [6.07, 6.45) is 8.94. The van der Waals surface area contributed by atoms with Crippen molar-refractivity contribution in [2.24, 2.45) is 17.4 Å². The van der Waals surface area contributed by atoms with Gasteiger partial charge in [0.2, 0.25) is 11.8 Å². The first kappa shape index (κ1) is 21.4. The molecule has 0 bridgehead atoms. The molecule has 1 fully saturated rings. The molecule has 1 aliphatic rings. The fraction of sp³-hybridized carbons (Fsp3) is 0.833. The van der Waals surface area contributed by atoms with Gasteiger partial charge in [0.05, 0.1) is 13.7 Å². The Morgan fingerprint density at radius 1 is 1.12 bits per heavy atom. The van der Waals surface area contributed by atoms with Crippen molar-refractivity contribution in [1.29, 1.82) is 0 Å². The first-order chi connectivity index (χ1) is 12.0. The number of carbonyl (C=O) groups is 3. The molecular weight excluding hydrogens is 322 g/mol. The fourth-order valence-electron chi connectivity index (χ4n) is 3.54. The molecule has 0 aromatic rings. The van der Waals surface area contributed by atoms with Crippen LogP contribution in [0.1, 0.15) is 64.2 Å². The van der Waals surface area contributed by atoms with E-state index in [1.807, 2.05) is 0 Å². The molecule has 25 heavy (non-hydrogen) atoms. The molecule has 1 saturated carbocycles. The summed E-state index contributed by atoms with van der Waals surface area (Å²) in [6.45, 7) is 0.314. The Kier molecular flexibility index (Phi) is 10.1. The maximum absolute atomic E-state index is 12.2. The molecule has 0 aromatic carbocycles. The Bertz CT molecular complexity index is 436. The van der Waals surface area contributed by atoms with Crippen LogP contribution >= 0.6 is 0 Å². The molecule has 7 nitrogen and oxygen atoms in total. The first-order valence-electron chi connectivity index (χ1n) is 9.35. The Morgan fingerprint density at radius 3 is 2.36 bits per heavy atom. The van der Waals surface area contributed by atoms with Crippen LogP contribution in [0.15, 0.2) is 0 Å². The van der Waals surface area contributed by atoms with Crippen LogP contribution in [-0.2, 0) is 19.1 Å². The van der Waals surface area contributed by atoms with Crippen molar-refractivity contribution >= 4 is 17.8 Å². The van der Waals surface area contributed by atoms with Crippen molar-refractivity contribution in [2.45, 2.75) is 70.3 Å². The minimum Gasteiger partial charge on any atom is -0.469 e. The van der Waals surface area contributed by atoms with Gasteiger partial charge in [0.1, 0.15) is 6.04 Å². The van der Waals surface area contributed by atoms with Gasteiger partial charge in [-0.3, -0.25) is 14.4 Å². The summed E-state index contributed by atoms with van der Waals surface area (Å²) in [5, 5.41) is 0. The third kappa shape index (κ3) is 7.86. The lowest BCUT2D eigenvalue weighted by Crippen LogP contribution is -2.51. The third-order valence-electron chi connectivity index (χ3n) is 4.99. The van der Waals surface area contributed by atoms with E-state index in [-0.39, 0.29) is 18.4 Å². The number of hydrogen-bond acceptors (Lipinski definition) is 5. The van der Waals surface area contributed by atoms with Crippen LogP contribution in [0.4, 0.5) is 0 Å². The Balaban J connectivity index is 2.57. The summed E-state index contributed by atoms with van der Waals surface area (Å²) in [5.41, 5.74) is 11.1. The highest BCUT2D eigenvalue weighted by molar-refractivity contribution is 5.87. The molecule has 144 valence electrons. The standard InChI is InChI=1S/C18H33N3O4/c1-25-17(23)10-6-3-7-11-21(16(22)13-19)15(18(20)24)12-14-8-4-2-5-9-14/h14-15H,2-13,19H2,1H3,(H2,20,24)/t15-/m0/s1. The fourth-order valence-corrected chi connectivity index (χ4v) is 3.54. The van der Waals surface area contributed by atoms with Crippen LogP contribution in [0, 0.1) is 5.92 Å². The number of nitrogens with zero attached hydrogens (tertiary/aromatic N) is 1. The Morgan fingerprint density at radius 2 is 1.80 bits per heavy atom. The zero-order valence-electron chi connectivity index (χ0n) is 15.4. The van der Waals surface area contributed by atoms with Crippen LogP contribution in [0.2, 0.25) is 0 Å². The largest absolute Gasteiger partial charge is 0.469 e. The average molecular weight is 355 g/mol. The van der Waals surface area contributed by atoms with Crippen molar-refractivity contribution in [3.05, 3.63) is 0 Å². The number of nitrogens with two attached hydrogens (primary N) is 2. The summed E-state index contributed by atoms with van der Waals surface area (Å²) in [4.78, 5) is 36.9. The van der Waals surface area contributed by atoms with E-state index in [1.165, 1.54) is 26.4 Å². The number of hydrogen-bond donors (Lipinski definition) is 2. The van der Waals surface area contributed by atoms with Crippen molar-refractivity contribution in [3.63, 3.8) is 0 Å². The highest BCUT2D eigenvalue weighted by Gasteiger charge is 2.30. The van der Waals surface area contributed by atoms with Gasteiger partial charge < -0.3 is 21.1 Å². The van der Waals surface area contributed by atoms with E-state index >= 15 is 0 Å². The number of rotatable bonds is 11. The number of methoxy groups -OCH3 is 1. The predicted molar refractivity (Wildman–Crippen MR) is 95.4 cm³/mol. The van der Waals surface area contributed by atoms with Gasteiger partial charge in [0.25, 0.3) is 0 Å². The number of esters is 1. The molecule has 1 rings (SSSR count). The number of ether oxygens (including phenoxy) is 1. The Labute approximate surface area is 150 Å². The van der Waals surface area contributed by atoms with Gasteiger partial charge in [0.15, 0.2) is 0 Å². The number of primary amides is 1. The monoisotopic (exact) mass is 355 g/mol. The van der Waals surface area contributed by atoms with Crippen molar-refractivity contribution in [3.8, 4) is 0 Å². The second kappa shape index (κ2) is 11.8. The van der Waals surface area contributed by atoms with E-state index in [2.05, 4.69) is 4.74 Å². The smallest absolute Gasteiger partial charge is 0.305 e. The van der Waals surface area contributed by atoms with E-state index in [1.54, 1.807) is 4.90 Å². The normalized spacial score (nSPS) is 16.2. The molecule has 4 N–H and O–H groups in total. The number of amides is 2. The van der Waals surface area contributed by atoms with Crippen molar-refractivity contribution in [2.75, 3.05) is 20.2 Å². The summed E-state index contributed by atoms with van der Waals surface area (Å²) >= 11 is 0. The van der Waals surface area contributed by atoms with Crippen LogP contribution < -0.4 is 11.5 Å². The quantitative estimate of drug-likeness (QED) is 0.428. The summed E-state index contributed by atoms with van der Waals surface area (Å²) in [6, 6.07) is -0.584. The zero-order valence-corrected chi connectivity index (χ0v) is 15.4. The van der Waals surface area contributed by atoms with Gasteiger partial charge in [-0.05, 0) is 25.2 Å². The van der Waals surface area contributed by atoms with E-state index in [0.717, 1.165) is 19.3 Å². The summed E-state index contributed by atoms with van der Waals surface area (Å²) in [7, 11) is 1.37. The van der Waals surface area contributed by atoms with Crippen LogP contribution in [0.3, 0.4) is 0 Å². The summed E-state index contributed by atoms with van der Waals surface area (Å²) in [5.74, 6) is -0.490. The first-order valence-corrected chi connectivity index (χ1v) is 9.35. The molecule has 0 unspecified atom stereocenters. The highest BCUT2D eigenvalue weighted by Crippen LogP contribution is 2.28. The predicted octanol–water partition coefficient (Wildman–Crippen LogP) is 1.33. The molecule has 0 aliphatic heterocycles. The molecule has 0 radical (unpaired) electrons. The molecular formula is C18H33N3O4. The van der Waals surface area contributed by atoms with Gasteiger partial charge in [-0.1, -0.05) is 38.5 Å². The highest BCUT2D eigenvalue weighted by atomic mass is 16.5. The molecule has 0 spiro atoms. The molecule has 2 amide bonds. The topological polar surface area (TPSA) is 116 Å². The SMILES string of the molecule is COC(=O)CCCCCN(C(=O)CN)[C@@H](CC1CCCCC1)C(N)=O. The Hall–Kier alpha value is -1.63. The van der Waals surface area contributed by atoms with E-state index in [4.69, 9.17) is 11.5 Å². The van der Waals surface area contributed by atoms with Gasteiger partial charge in [-0.15, -0.1) is 0 Å². The van der Waals surface area contributed by atoms with Crippen LogP contribution in [0.25, 0.3) is 0 Å². The lowest BCUT2D eigenvalue weighted by atomic mass is 9.84. The molecule has 7 heteroatoms. The average Bonchev–Trinajstić information content (AvgIpc) is 2.63. The lowest BCUT2D eigenvalue weighted by Gasteiger charge is -2.33. The van der Waals surface area contributed by atoms with E-state index in [9.17, 15) is 14.4 Å². The second-order valence-electron chi connectivity index (χ2n) is 6.84. The number of carbonyl (C=O) groups excluding carboxylic acids is 3. The third-order valence-corrected chi connectivity index (χ3v) is 4.99. The van der Waals surface area contributed by atoms with Crippen molar-refractivity contribution in [1.82, 2.24) is 4.90 Å². The van der Waals surface area contributed by atoms with Crippen molar-refractivity contribution < 1.29 is 19.1 Å². The maximum atomic E-state index is 12.2. The summed E-state index contributed by atoms with van der Waals surface area (Å²) < 4.78 is 4.61. The molecule has 1 aliphatic carbocycles. The minimum absolute atomic E-state index is 0.128. The second-order valence-corrected chi connectivity index (χ2v) is 6.84. The zero-order chi connectivity index (χ0) is 18.7. The van der Waals surface area contributed by atoms with E-state index in [0.29, 0.717) is 38.1 Å². The van der Waals surface area contributed by atoms with Gasteiger partial charge in [-0.2, -0.15) is 0 Å². The van der Waals surface area contributed by atoms with Gasteiger partial charge in [-0.25, -0.2) is 0 Å². The van der Waals surface area contributed by atoms with Crippen LogP contribution in [-0.4, -0.2) is 48.9 Å². The van der Waals surface area contributed by atoms with Crippen LogP contribution in [0.5, 0.6) is 0 Å².